The number of guanidine groups is 1. The van der Waals surface area contributed by atoms with Gasteiger partial charge in [-0.1, -0.05) is 12.1 Å². The van der Waals surface area contributed by atoms with Crippen LogP contribution in [0, 0.1) is 15.9 Å². The third-order valence-electron chi connectivity index (χ3n) is 4.71. The van der Waals surface area contributed by atoms with Crippen molar-refractivity contribution < 1.29 is 18.5 Å². The van der Waals surface area contributed by atoms with E-state index in [1.54, 1.807) is 37.4 Å². The largest absolute Gasteiger partial charge is 0.456 e. The van der Waals surface area contributed by atoms with E-state index < -0.39 is 10.8 Å². The molecule has 1 aliphatic rings. The summed E-state index contributed by atoms with van der Waals surface area (Å²) in [4.78, 5) is 28.9. The lowest BCUT2D eigenvalue weighted by molar-refractivity contribution is -0.384. The molecule has 1 aromatic heterocycles. The number of nitrogens with one attached hydrogen (secondary N) is 2. The maximum atomic E-state index is 13.0. The van der Waals surface area contributed by atoms with Gasteiger partial charge in [-0.05, 0) is 54.7 Å². The van der Waals surface area contributed by atoms with Crippen LogP contribution in [-0.4, -0.2) is 33.9 Å². The molecule has 2 N–H and O–H groups in total. The van der Waals surface area contributed by atoms with Crippen LogP contribution in [0.1, 0.15) is 5.76 Å². The Labute approximate surface area is 192 Å². The number of nitro benzene ring substituents is 1. The van der Waals surface area contributed by atoms with Crippen LogP contribution in [-0.2, 0) is 4.79 Å². The summed E-state index contributed by atoms with van der Waals surface area (Å²) < 4.78 is 18.8. The fourth-order valence-corrected chi connectivity index (χ4v) is 3.32. The van der Waals surface area contributed by atoms with Crippen LogP contribution >= 0.6 is 12.2 Å². The van der Waals surface area contributed by atoms with Crippen LogP contribution in [0.4, 0.5) is 15.8 Å². The first-order chi connectivity index (χ1) is 15.8. The number of carbonyl (C=O) groups excluding carboxylic acids is 1. The van der Waals surface area contributed by atoms with E-state index in [0.717, 1.165) is 0 Å². The highest BCUT2D eigenvalue weighted by molar-refractivity contribution is 7.80. The molecular weight excluding hydrogens is 449 g/mol. The Hall–Kier alpha value is -4.38. The molecule has 33 heavy (non-hydrogen) atoms. The molecule has 1 amide bonds. The number of rotatable bonds is 4. The standard InChI is InChI=1S/C22H16FN5O4S/c1-27-18(12-15-10-11-19(32-15)16-4-2-3-5-17(16)28(30)31)20(29)25-21(27)26-22(33)24-14-8-6-13(23)7-9-14/h2-12H,1H3,(H2,24,25,26,29,33)/b18-12-. The third-order valence-corrected chi connectivity index (χ3v) is 4.91. The van der Waals surface area contributed by atoms with E-state index in [0.29, 0.717) is 22.8 Å². The number of carbonyl (C=O) groups is 1. The van der Waals surface area contributed by atoms with Gasteiger partial charge in [0.1, 0.15) is 23.0 Å². The first kappa shape index (κ1) is 21.8. The molecule has 0 unspecified atom stereocenters. The molecular formula is C22H16FN5O4S. The maximum Gasteiger partial charge on any atom is 0.280 e. The molecule has 0 bridgehead atoms. The summed E-state index contributed by atoms with van der Waals surface area (Å²) in [6.07, 6.45) is 1.49. The van der Waals surface area contributed by atoms with Gasteiger partial charge < -0.3 is 14.6 Å². The average molecular weight is 465 g/mol. The SMILES string of the molecule is CN1/C(=C\c2ccc(-c3ccccc3[N+](=O)[O-])o2)C(=O)N/C1=N\C(=S)Nc1ccc(F)cc1. The van der Waals surface area contributed by atoms with E-state index in [2.05, 4.69) is 15.6 Å². The fourth-order valence-electron chi connectivity index (χ4n) is 3.11. The Kier molecular flexibility index (Phi) is 5.96. The monoisotopic (exact) mass is 465 g/mol. The second-order valence-corrected chi connectivity index (χ2v) is 7.28. The highest BCUT2D eigenvalue weighted by Crippen LogP contribution is 2.31. The van der Waals surface area contributed by atoms with Crippen LogP contribution in [0.15, 0.2) is 75.8 Å². The molecule has 3 aromatic rings. The van der Waals surface area contributed by atoms with Crippen molar-refractivity contribution in [3.63, 3.8) is 0 Å². The van der Waals surface area contributed by atoms with Crippen molar-refractivity contribution >= 4 is 46.6 Å². The van der Waals surface area contributed by atoms with Crippen molar-refractivity contribution in [1.29, 1.82) is 0 Å². The van der Waals surface area contributed by atoms with Gasteiger partial charge in [0.05, 0.1) is 10.5 Å². The van der Waals surface area contributed by atoms with Gasteiger partial charge in [0.25, 0.3) is 11.6 Å². The van der Waals surface area contributed by atoms with E-state index in [9.17, 15) is 19.3 Å². The summed E-state index contributed by atoms with van der Waals surface area (Å²) in [7, 11) is 1.62. The van der Waals surface area contributed by atoms with Crippen molar-refractivity contribution in [2.24, 2.45) is 4.99 Å². The number of aliphatic imine (C=N–C) groups is 1. The normalized spacial score (nSPS) is 15.7. The number of nitrogens with zero attached hydrogens (tertiary/aromatic N) is 3. The number of likely N-dealkylation sites (N-methyl/N-ethyl adjacent to an activating group) is 1. The van der Waals surface area contributed by atoms with Gasteiger partial charge in [0, 0.05) is 24.9 Å². The molecule has 2 heterocycles. The summed E-state index contributed by atoms with van der Waals surface area (Å²) in [6, 6.07) is 15.0. The topological polar surface area (TPSA) is 113 Å². The zero-order valence-electron chi connectivity index (χ0n) is 17.1. The fraction of sp³-hybridized carbons (Fsp3) is 0.0455. The minimum absolute atomic E-state index is 0.0710. The Balaban J connectivity index is 1.53. The maximum absolute atomic E-state index is 13.0. The zero-order valence-corrected chi connectivity index (χ0v) is 17.9. The Bertz CT molecular complexity index is 1320. The highest BCUT2D eigenvalue weighted by Gasteiger charge is 2.29. The van der Waals surface area contributed by atoms with Gasteiger partial charge in [-0.15, -0.1) is 0 Å². The van der Waals surface area contributed by atoms with E-state index >= 15 is 0 Å². The molecule has 11 heteroatoms. The number of thiocarbonyl (C=S) groups is 1. The summed E-state index contributed by atoms with van der Waals surface area (Å²) in [5, 5.41) is 16.8. The molecule has 4 rings (SSSR count). The number of hydrogen-bond acceptors (Lipinski definition) is 5. The number of halogens is 1. The van der Waals surface area contributed by atoms with Crippen molar-refractivity contribution in [3.8, 4) is 11.3 Å². The lowest BCUT2D eigenvalue weighted by Gasteiger charge is -2.11. The molecule has 0 spiro atoms. The quantitative estimate of drug-likeness (QED) is 0.258. The lowest BCUT2D eigenvalue weighted by atomic mass is 10.1. The van der Waals surface area contributed by atoms with Crippen LogP contribution in [0.25, 0.3) is 17.4 Å². The number of amides is 1. The van der Waals surface area contributed by atoms with Crippen LogP contribution in [0.2, 0.25) is 0 Å². The van der Waals surface area contributed by atoms with Gasteiger partial charge in [0.2, 0.25) is 11.1 Å². The summed E-state index contributed by atoms with van der Waals surface area (Å²) in [5.74, 6) is 0.0151. The van der Waals surface area contributed by atoms with Gasteiger partial charge in [-0.2, -0.15) is 4.99 Å². The number of benzene rings is 2. The molecule has 2 aromatic carbocycles. The predicted octanol–water partition coefficient (Wildman–Crippen LogP) is 4.15. The van der Waals surface area contributed by atoms with Crippen molar-refractivity contribution in [2.75, 3.05) is 12.4 Å². The predicted molar refractivity (Wildman–Crippen MR) is 125 cm³/mol. The second kappa shape index (κ2) is 9.01. The minimum atomic E-state index is -0.486. The van der Waals surface area contributed by atoms with E-state index in [4.69, 9.17) is 16.6 Å². The van der Waals surface area contributed by atoms with Crippen molar-refractivity contribution in [3.05, 3.63) is 88.1 Å². The Morgan fingerprint density at radius 1 is 1.21 bits per heavy atom. The van der Waals surface area contributed by atoms with E-state index in [-0.39, 0.29) is 28.3 Å². The summed E-state index contributed by atoms with van der Waals surface area (Å²) in [5.41, 5.74) is 1.03. The average Bonchev–Trinajstić information content (AvgIpc) is 3.36. The minimum Gasteiger partial charge on any atom is -0.456 e. The van der Waals surface area contributed by atoms with Gasteiger partial charge >= 0.3 is 0 Å². The number of anilines is 1. The molecule has 0 saturated carbocycles. The molecule has 1 aliphatic heterocycles. The van der Waals surface area contributed by atoms with E-state index in [1.165, 1.54) is 41.3 Å². The molecule has 0 atom stereocenters. The summed E-state index contributed by atoms with van der Waals surface area (Å²) in [6.45, 7) is 0. The molecule has 1 fully saturated rings. The first-order valence-corrected chi connectivity index (χ1v) is 9.98. The molecule has 1 saturated heterocycles. The van der Waals surface area contributed by atoms with Gasteiger partial charge in [-0.25, -0.2) is 4.39 Å². The third kappa shape index (κ3) is 4.77. The highest BCUT2D eigenvalue weighted by atomic mass is 32.1. The first-order valence-electron chi connectivity index (χ1n) is 9.57. The summed E-state index contributed by atoms with van der Waals surface area (Å²) >= 11 is 5.19. The number of para-hydroxylation sites is 1. The van der Waals surface area contributed by atoms with Crippen LogP contribution in [0.5, 0.6) is 0 Å². The molecule has 9 nitrogen and oxygen atoms in total. The molecule has 0 aliphatic carbocycles. The number of nitro groups is 1. The lowest BCUT2D eigenvalue weighted by Crippen LogP contribution is -2.29. The van der Waals surface area contributed by atoms with Crippen LogP contribution < -0.4 is 10.6 Å². The van der Waals surface area contributed by atoms with Crippen molar-refractivity contribution in [2.45, 2.75) is 0 Å². The van der Waals surface area contributed by atoms with Crippen LogP contribution in [0.3, 0.4) is 0 Å². The van der Waals surface area contributed by atoms with Crippen molar-refractivity contribution in [1.82, 2.24) is 10.2 Å². The molecule has 166 valence electrons. The number of furan rings is 1. The Morgan fingerprint density at radius 3 is 2.67 bits per heavy atom. The second-order valence-electron chi connectivity index (χ2n) is 6.89. The number of hydrogen-bond donors (Lipinski definition) is 2. The zero-order chi connectivity index (χ0) is 23.5. The smallest absolute Gasteiger partial charge is 0.280 e. The van der Waals surface area contributed by atoms with Gasteiger partial charge in [0.15, 0.2) is 0 Å². The van der Waals surface area contributed by atoms with E-state index in [1.807, 2.05) is 0 Å². The van der Waals surface area contributed by atoms with Gasteiger partial charge in [-0.3, -0.25) is 20.2 Å². The molecule has 0 radical (unpaired) electrons. The Morgan fingerprint density at radius 2 is 1.94 bits per heavy atom.